The van der Waals surface area contributed by atoms with E-state index in [0.717, 1.165) is 23.3 Å². The molecule has 0 aliphatic heterocycles. The summed E-state index contributed by atoms with van der Waals surface area (Å²) in [6.07, 6.45) is 0. The van der Waals surface area contributed by atoms with Crippen LogP contribution < -0.4 is 0 Å². The molecular weight excluding hydrogens is 180 g/mol. The Labute approximate surface area is 82.2 Å². The molecule has 14 heavy (non-hydrogen) atoms. The molecule has 0 saturated heterocycles. The van der Waals surface area contributed by atoms with Crippen LogP contribution >= 0.6 is 0 Å². The van der Waals surface area contributed by atoms with E-state index in [4.69, 9.17) is 0 Å². The molecule has 2 aromatic heterocycles. The second kappa shape index (κ2) is 4.50. The molecule has 0 aliphatic carbocycles. The third kappa shape index (κ3) is 3.34. The lowest BCUT2D eigenvalue weighted by Gasteiger charge is -1.68. The fourth-order valence-electron chi connectivity index (χ4n) is 0.909. The highest BCUT2D eigenvalue weighted by Gasteiger charge is 1.86. The Bertz CT molecular complexity index is 317. The summed E-state index contributed by atoms with van der Waals surface area (Å²) in [5.41, 5.74) is 0. The molecule has 6 nitrogen and oxygen atoms in total. The molecule has 0 unspecified atom stereocenters. The molecule has 2 rings (SSSR count). The van der Waals surface area contributed by atoms with Crippen molar-refractivity contribution in [3.8, 4) is 0 Å². The van der Waals surface area contributed by atoms with E-state index >= 15 is 0 Å². The maximum absolute atomic E-state index is 3.94. The Kier molecular flexibility index (Phi) is 3.33. The predicted molar refractivity (Wildman–Crippen MR) is 51.7 cm³/mol. The number of nitrogens with one attached hydrogen (secondary N) is 2. The molecule has 0 aromatic carbocycles. The molecule has 6 heteroatoms. The van der Waals surface area contributed by atoms with Crippen molar-refractivity contribution in [2.24, 2.45) is 0 Å². The van der Waals surface area contributed by atoms with Gasteiger partial charge in [-0.25, -0.2) is 9.97 Å². The molecule has 2 heterocycles. The Morgan fingerprint density at radius 1 is 0.714 bits per heavy atom. The van der Waals surface area contributed by atoms with Crippen LogP contribution in [-0.2, 0) is 0 Å². The molecule has 0 fully saturated rings. The number of aromatic amines is 2. The predicted octanol–water partition coefficient (Wildman–Crippen LogP) is 0.843. The second-order valence-corrected chi connectivity index (χ2v) is 2.94. The first-order valence-corrected chi connectivity index (χ1v) is 4.29. The lowest BCUT2D eigenvalue weighted by atomic mass is 10.7. The quantitative estimate of drug-likeness (QED) is 0.651. The molecule has 76 valence electrons. The van der Waals surface area contributed by atoms with Crippen LogP contribution in [0.25, 0.3) is 0 Å². The number of aromatic nitrogens is 6. The van der Waals surface area contributed by atoms with Crippen LogP contribution in [0.3, 0.4) is 0 Å². The summed E-state index contributed by atoms with van der Waals surface area (Å²) < 4.78 is 0. The van der Waals surface area contributed by atoms with Crippen molar-refractivity contribution < 1.29 is 0 Å². The van der Waals surface area contributed by atoms with Crippen molar-refractivity contribution in [3.05, 3.63) is 23.3 Å². The third-order valence-electron chi connectivity index (χ3n) is 1.42. The number of H-pyrrole nitrogens is 2. The van der Waals surface area contributed by atoms with Crippen molar-refractivity contribution in [2.75, 3.05) is 0 Å². The van der Waals surface area contributed by atoms with E-state index in [1.54, 1.807) is 0 Å². The van der Waals surface area contributed by atoms with Crippen molar-refractivity contribution in [2.45, 2.75) is 27.7 Å². The highest BCUT2D eigenvalue weighted by atomic mass is 15.2. The van der Waals surface area contributed by atoms with E-state index in [0.29, 0.717) is 0 Å². The van der Waals surface area contributed by atoms with Crippen LogP contribution in [0.2, 0.25) is 0 Å². The van der Waals surface area contributed by atoms with Gasteiger partial charge in [-0.1, -0.05) is 0 Å². The zero-order valence-electron chi connectivity index (χ0n) is 8.79. The molecule has 0 amide bonds. The molecule has 0 aliphatic rings. The van der Waals surface area contributed by atoms with Gasteiger partial charge in [0.25, 0.3) is 0 Å². The smallest absolute Gasteiger partial charge is 0.147 e. The van der Waals surface area contributed by atoms with E-state index in [1.807, 2.05) is 27.7 Å². The molecule has 0 bridgehead atoms. The molecule has 2 N–H and O–H groups in total. The summed E-state index contributed by atoms with van der Waals surface area (Å²) >= 11 is 0. The zero-order chi connectivity index (χ0) is 10.6. The largest absolute Gasteiger partial charge is 0.263 e. The van der Waals surface area contributed by atoms with Gasteiger partial charge in [0.15, 0.2) is 0 Å². The first kappa shape index (κ1) is 10.4. The van der Waals surface area contributed by atoms with Crippen LogP contribution in [0.5, 0.6) is 0 Å². The van der Waals surface area contributed by atoms with Crippen molar-refractivity contribution in [3.63, 3.8) is 0 Å². The van der Waals surface area contributed by atoms with Gasteiger partial charge in [-0.05, 0) is 27.7 Å². The van der Waals surface area contributed by atoms with Gasteiger partial charge in [-0.3, -0.25) is 10.2 Å². The maximum atomic E-state index is 3.94. The molecule has 2 aromatic rings. The molecule has 0 spiro atoms. The minimum absolute atomic E-state index is 0.803. The van der Waals surface area contributed by atoms with Gasteiger partial charge < -0.3 is 0 Å². The third-order valence-corrected chi connectivity index (χ3v) is 1.42. The van der Waals surface area contributed by atoms with Crippen molar-refractivity contribution in [1.82, 2.24) is 30.4 Å². The topological polar surface area (TPSA) is 83.1 Å². The highest BCUT2D eigenvalue weighted by Crippen LogP contribution is 1.84. The van der Waals surface area contributed by atoms with Gasteiger partial charge in [0.05, 0.1) is 0 Å². The van der Waals surface area contributed by atoms with E-state index in [-0.39, 0.29) is 0 Å². The van der Waals surface area contributed by atoms with E-state index in [1.165, 1.54) is 0 Å². The summed E-state index contributed by atoms with van der Waals surface area (Å²) in [6, 6.07) is 0. The van der Waals surface area contributed by atoms with E-state index in [2.05, 4.69) is 30.4 Å². The van der Waals surface area contributed by atoms with Crippen molar-refractivity contribution >= 4 is 0 Å². The standard InChI is InChI=1S/2C4H7N3/c2*1-3-5-4(2)7-6-3/h2*1-2H3,(H,5,6,7). The lowest BCUT2D eigenvalue weighted by molar-refractivity contribution is 1.02. The van der Waals surface area contributed by atoms with Gasteiger partial charge in [-0.15, -0.1) is 0 Å². The van der Waals surface area contributed by atoms with Gasteiger partial charge in [-0.2, -0.15) is 10.2 Å². The lowest BCUT2D eigenvalue weighted by Crippen LogP contribution is -1.70. The monoisotopic (exact) mass is 194 g/mol. The average Bonchev–Trinajstić information content (AvgIpc) is 2.63. The summed E-state index contributed by atoms with van der Waals surface area (Å²) in [5.74, 6) is 3.35. The summed E-state index contributed by atoms with van der Waals surface area (Å²) in [4.78, 5) is 7.89. The highest BCUT2D eigenvalue weighted by molar-refractivity contribution is 4.82. The fraction of sp³-hybridized carbons (Fsp3) is 0.500. The van der Waals surface area contributed by atoms with Gasteiger partial charge >= 0.3 is 0 Å². The van der Waals surface area contributed by atoms with Crippen LogP contribution in [0, 0.1) is 27.7 Å². The van der Waals surface area contributed by atoms with Crippen LogP contribution in [0.1, 0.15) is 23.3 Å². The molecular formula is C8H14N6. The molecule has 0 saturated carbocycles. The first-order chi connectivity index (χ1) is 6.58. The normalized spacial score (nSPS) is 9.43. The SMILES string of the molecule is Cc1n[nH]c(C)n1.Cc1n[nH]c(C)n1. The zero-order valence-corrected chi connectivity index (χ0v) is 8.79. The van der Waals surface area contributed by atoms with E-state index < -0.39 is 0 Å². The number of aryl methyl sites for hydroxylation is 4. The summed E-state index contributed by atoms with van der Waals surface area (Å²) in [6.45, 7) is 7.45. The van der Waals surface area contributed by atoms with Crippen LogP contribution in [-0.4, -0.2) is 30.4 Å². The minimum atomic E-state index is 0.803. The second-order valence-electron chi connectivity index (χ2n) is 2.94. The first-order valence-electron chi connectivity index (χ1n) is 4.29. The number of rotatable bonds is 0. The van der Waals surface area contributed by atoms with Gasteiger partial charge in [0, 0.05) is 0 Å². The Balaban J connectivity index is 0.000000140. The number of hydrogen-bond acceptors (Lipinski definition) is 4. The number of hydrogen-bond donors (Lipinski definition) is 2. The average molecular weight is 194 g/mol. The Morgan fingerprint density at radius 2 is 1.07 bits per heavy atom. The van der Waals surface area contributed by atoms with Crippen LogP contribution in [0.4, 0.5) is 0 Å². The fourth-order valence-corrected chi connectivity index (χ4v) is 0.909. The summed E-state index contributed by atoms with van der Waals surface area (Å²) in [7, 11) is 0. The van der Waals surface area contributed by atoms with Crippen LogP contribution in [0.15, 0.2) is 0 Å². The van der Waals surface area contributed by atoms with Gasteiger partial charge in [0.1, 0.15) is 23.3 Å². The Hall–Kier alpha value is -1.72. The van der Waals surface area contributed by atoms with Crippen molar-refractivity contribution in [1.29, 1.82) is 0 Å². The maximum Gasteiger partial charge on any atom is 0.147 e. The minimum Gasteiger partial charge on any atom is -0.263 e. The van der Waals surface area contributed by atoms with Gasteiger partial charge in [0.2, 0.25) is 0 Å². The van der Waals surface area contributed by atoms with E-state index in [9.17, 15) is 0 Å². The number of nitrogens with zero attached hydrogens (tertiary/aromatic N) is 4. The molecule has 0 radical (unpaired) electrons. The summed E-state index contributed by atoms with van der Waals surface area (Å²) in [5, 5.41) is 13.0. The molecule has 0 atom stereocenters. The Morgan fingerprint density at radius 3 is 1.14 bits per heavy atom.